The van der Waals surface area contributed by atoms with Gasteiger partial charge in [0.05, 0.1) is 12.8 Å². The lowest BCUT2D eigenvalue weighted by Gasteiger charge is -2.06. The minimum absolute atomic E-state index is 0.569. The Morgan fingerprint density at radius 2 is 2.18 bits per heavy atom. The molecule has 60 valence electrons. The molecule has 2 N–H and O–H groups in total. The summed E-state index contributed by atoms with van der Waals surface area (Å²) in [5.41, 5.74) is 6.21. The van der Waals surface area contributed by atoms with Crippen molar-refractivity contribution in [1.82, 2.24) is 0 Å². The molecule has 0 amide bonds. The minimum atomic E-state index is 0.569. The number of thiol groups is 1. The molecule has 0 aliphatic carbocycles. The van der Waals surface area contributed by atoms with E-state index in [2.05, 4.69) is 28.6 Å². The zero-order chi connectivity index (χ0) is 8.43. The zero-order valence-corrected chi connectivity index (χ0v) is 8.45. The maximum absolute atomic E-state index is 5.64. The van der Waals surface area contributed by atoms with Crippen molar-refractivity contribution in [3.8, 4) is 5.75 Å². The van der Waals surface area contributed by atoms with E-state index in [1.165, 1.54) is 0 Å². The summed E-state index contributed by atoms with van der Waals surface area (Å²) in [7, 11) is 1.57. The number of benzene rings is 1. The van der Waals surface area contributed by atoms with E-state index in [1.807, 2.05) is 6.07 Å². The van der Waals surface area contributed by atoms with Crippen molar-refractivity contribution >= 4 is 34.2 Å². The molecule has 2 nitrogen and oxygen atoms in total. The summed E-state index contributed by atoms with van der Waals surface area (Å²) < 4.78 is 5.91. The normalized spacial score (nSPS) is 9.73. The van der Waals surface area contributed by atoms with E-state index < -0.39 is 0 Å². The molecule has 0 heterocycles. The molecule has 0 aliphatic heterocycles. The van der Waals surface area contributed by atoms with Crippen molar-refractivity contribution in [1.29, 1.82) is 0 Å². The molecule has 0 unspecified atom stereocenters. The van der Waals surface area contributed by atoms with Gasteiger partial charge in [0.25, 0.3) is 0 Å². The number of hydrogen-bond donors (Lipinski definition) is 2. The van der Waals surface area contributed by atoms with Gasteiger partial charge in [0.15, 0.2) is 0 Å². The number of ether oxygens (including phenoxy) is 1. The predicted molar refractivity (Wildman–Crippen MR) is 52.4 cm³/mol. The van der Waals surface area contributed by atoms with E-state index >= 15 is 0 Å². The van der Waals surface area contributed by atoms with Crippen LogP contribution in [0.3, 0.4) is 0 Å². The second-order valence-corrected chi connectivity index (χ2v) is 3.44. The number of nitrogens with two attached hydrogens (primary N) is 1. The number of nitrogen functional groups attached to an aromatic ring is 1. The summed E-state index contributed by atoms with van der Waals surface area (Å²) in [5, 5.41) is 0. The first-order valence-corrected chi connectivity index (χ1v) is 4.21. The van der Waals surface area contributed by atoms with E-state index in [9.17, 15) is 0 Å². The molecular formula is C7H8BrNOS. The van der Waals surface area contributed by atoms with Crippen LogP contribution < -0.4 is 10.5 Å². The molecule has 0 aliphatic rings. The highest BCUT2D eigenvalue weighted by Gasteiger charge is 2.03. The van der Waals surface area contributed by atoms with Crippen LogP contribution in [-0.2, 0) is 0 Å². The largest absolute Gasteiger partial charge is 0.495 e. The van der Waals surface area contributed by atoms with Crippen molar-refractivity contribution < 1.29 is 4.74 Å². The molecule has 0 saturated carbocycles. The number of anilines is 1. The van der Waals surface area contributed by atoms with Crippen LogP contribution in [0.1, 0.15) is 0 Å². The molecular weight excluding hydrogens is 226 g/mol. The standard InChI is InChI=1S/C7H8BrNOS/c1-10-5-2-4(8)3-6(11)7(5)9/h2-3,11H,9H2,1H3. The van der Waals surface area contributed by atoms with Crippen molar-refractivity contribution in [3.63, 3.8) is 0 Å². The first kappa shape index (κ1) is 8.74. The van der Waals surface area contributed by atoms with E-state index in [4.69, 9.17) is 10.5 Å². The first-order valence-electron chi connectivity index (χ1n) is 2.97. The van der Waals surface area contributed by atoms with Crippen molar-refractivity contribution in [2.75, 3.05) is 12.8 Å². The van der Waals surface area contributed by atoms with Crippen molar-refractivity contribution in [2.24, 2.45) is 0 Å². The lowest BCUT2D eigenvalue weighted by molar-refractivity contribution is 0.416. The quantitative estimate of drug-likeness (QED) is 0.577. The van der Waals surface area contributed by atoms with Gasteiger partial charge >= 0.3 is 0 Å². The molecule has 0 spiro atoms. The SMILES string of the molecule is COc1cc(Br)cc(S)c1N. The minimum Gasteiger partial charge on any atom is -0.495 e. The molecule has 0 saturated heterocycles. The van der Waals surface area contributed by atoms with Crippen LogP contribution in [0.15, 0.2) is 21.5 Å². The molecule has 0 radical (unpaired) electrons. The molecule has 0 atom stereocenters. The third-order valence-corrected chi connectivity index (χ3v) is 2.13. The van der Waals surface area contributed by atoms with Crippen LogP contribution in [0.4, 0.5) is 5.69 Å². The van der Waals surface area contributed by atoms with E-state index in [-0.39, 0.29) is 0 Å². The average molecular weight is 234 g/mol. The fourth-order valence-electron chi connectivity index (χ4n) is 0.748. The highest BCUT2D eigenvalue weighted by Crippen LogP contribution is 2.31. The topological polar surface area (TPSA) is 35.2 Å². The molecule has 1 rings (SSSR count). The number of hydrogen-bond acceptors (Lipinski definition) is 3. The van der Waals surface area contributed by atoms with Crippen LogP contribution in [-0.4, -0.2) is 7.11 Å². The molecule has 0 bridgehead atoms. The number of methoxy groups -OCH3 is 1. The van der Waals surface area contributed by atoms with E-state index in [0.29, 0.717) is 11.4 Å². The maximum atomic E-state index is 5.64. The lowest BCUT2D eigenvalue weighted by atomic mass is 10.3. The summed E-state index contributed by atoms with van der Waals surface area (Å²) in [4.78, 5) is 0.719. The number of halogens is 1. The van der Waals surface area contributed by atoms with Gasteiger partial charge in [-0.3, -0.25) is 0 Å². The van der Waals surface area contributed by atoms with Gasteiger partial charge in [-0.05, 0) is 12.1 Å². The van der Waals surface area contributed by atoms with E-state index in [1.54, 1.807) is 13.2 Å². The second kappa shape index (κ2) is 3.36. The van der Waals surface area contributed by atoms with Crippen molar-refractivity contribution in [3.05, 3.63) is 16.6 Å². The van der Waals surface area contributed by atoms with Gasteiger partial charge in [-0.2, -0.15) is 0 Å². The number of rotatable bonds is 1. The first-order chi connectivity index (χ1) is 5.15. The molecule has 1 aromatic carbocycles. The molecule has 11 heavy (non-hydrogen) atoms. The van der Waals surface area contributed by atoms with Gasteiger partial charge < -0.3 is 10.5 Å². The van der Waals surface area contributed by atoms with Gasteiger partial charge in [-0.15, -0.1) is 12.6 Å². The third kappa shape index (κ3) is 1.81. The van der Waals surface area contributed by atoms with Crippen LogP contribution >= 0.6 is 28.6 Å². The fraction of sp³-hybridized carbons (Fsp3) is 0.143. The van der Waals surface area contributed by atoms with Gasteiger partial charge in [0.1, 0.15) is 5.75 Å². The van der Waals surface area contributed by atoms with Crippen LogP contribution in [0.25, 0.3) is 0 Å². The highest BCUT2D eigenvalue weighted by atomic mass is 79.9. The lowest BCUT2D eigenvalue weighted by Crippen LogP contribution is -1.93. The zero-order valence-electron chi connectivity index (χ0n) is 5.97. The smallest absolute Gasteiger partial charge is 0.144 e. The summed E-state index contributed by atoms with van der Waals surface area (Å²) in [6.07, 6.45) is 0. The highest BCUT2D eigenvalue weighted by molar-refractivity contribution is 9.10. The predicted octanol–water partition coefficient (Wildman–Crippen LogP) is 2.33. The van der Waals surface area contributed by atoms with Crippen LogP contribution in [0, 0.1) is 0 Å². The Bertz CT molecular complexity index is 277. The molecule has 0 fully saturated rings. The summed E-state index contributed by atoms with van der Waals surface area (Å²) in [6, 6.07) is 3.62. The summed E-state index contributed by atoms with van der Waals surface area (Å²) in [5.74, 6) is 0.643. The van der Waals surface area contributed by atoms with Gasteiger partial charge in [0, 0.05) is 9.37 Å². The Hall–Kier alpha value is -0.350. The van der Waals surface area contributed by atoms with Crippen LogP contribution in [0.2, 0.25) is 0 Å². The molecule has 1 aromatic rings. The fourth-order valence-corrected chi connectivity index (χ4v) is 1.61. The molecule has 0 aromatic heterocycles. The maximum Gasteiger partial charge on any atom is 0.144 e. The van der Waals surface area contributed by atoms with Gasteiger partial charge in [-0.1, -0.05) is 15.9 Å². The van der Waals surface area contributed by atoms with Crippen LogP contribution in [0.5, 0.6) is 5.75 Å². The van der Waals surface area contributed by atoms with Gasteiger partial charge in [-0.25, -0.2) is 0 Å². The second-order valence-electron chi connectivity index (χ2n) is 2.04. The Morgan fingerprint density at radius 3 is 2.73 bits per heavy atom. The third-order valence-electron chi connectivity index (χ3n) is 1.30. The molecule has 4 heteroatoms. The van der Waals surface area contributed by atoms with Gasteiger partial charge in [0.2, 0.25) is 0 Å². The Morgan fingerprint density at radius 1 is 1.55 bits per heavy atom. The summed E-state index contributed by atoms with van der Waals surface area (Å²) in [6.45, 7) is 0. The van der Waals surface area contributed by atoms with E-state index in [0.717, 1.165) is 9.37 Å². The summed E-state index contributed by atoms with van der Waals surface area (Å²) >= 11 is 7.46. The average Bonchev–Trinajstić information content (AvgIpc) is 1.96. The van der Waals surface area contributed by atoms with Crippen molar-refractivity contribution in [2.45, 2.75) is 4.90 Å². The monoisotopic (exact) mass is 233 g/mol. The Balaban J connectivity index is 3.24. The Kier molecular flexibility index (Phi) is 2.67. The Labute approximate surface area is 79.3 Å².